The highest BCUT2D eigenvalue weighted by Crippen LogP contribution is 2.31. The number of esters is 1. The van der Waals surface area contributed by atoms with Gasteiger partial charge in [0.1, 0.15) is 10.9 Å². The maximum Gasteiger partial charge on any atom is 0.328 e. The minimum Gasteiger partial charge on any atom is -0.464 e. The summed E-state index contributed by atoms with van der Waals surface area (Å²) in [5, 5.41) is 2.50. The Bertz CT molecular complexity index is 989. The molecule has 0 unspecified atom stereocenters. The predicted molar refractivity (Wildman–Crippen MR) is 109 cm³/mol. The number of ether oxygens (including phenoxy) is 1. The molecule has 0 saturated carbocycles. The van der Waals surface area contributed by atoms with E-state index in [1.54, 1.807) is 6.92 Å². The molecule has 1 aromatic carbocycles. The summed E-state index contributed by atoms with van der Waals surface area (Å²) in [5.74, 6) is -0.401. The van der Waals surface area contributed by atoms with Gasteiger partial charge in [0.25, 0.3) is 5.56 Å². The van der Waals surface area contributed by atoms with E-state index in [-0.39, 0.29) is 5.56 Å². The smallest absolute Gasteiger partial charge is 0.328 e. The summed E-state index contributed by atoms with van der Waals surface area (Å²) in [7, 11) is 0. The highest BCUT2D eigenvalue weighted by molar-refractivity contribution is 7.17. The van der Waals surface area contributed by atoms with Crippen molar-refractivity contribution in [3.05, 3.63) is 51.9 Å². The molecular weight excluding hydrogens is 360 g/mol. The summed E-state index contributed by atoms with van der Waals surface area (Å²) in [5.41, 5.74) is 2.77. The van der Waals surface area contributed by atoms with E-state index in [0.717, 1.165) is 36.0 Å². The number of aromatic nitrogens is 2. The highest BCUT2D eigenvalue weighted by atomic mass is 32.1. The zero-order valence-electron chi connectivity index (χ0n) is 15.9. The van der Waals surface area contributed by atoms with Gasteiger partial charge in [0.15, 0.2) is 0 Å². The third-order valence-corrected chi connectivity index (χ3v) is 5.52. The van der Waals surface area contributed by atoms with Gasteiger partial charge in [-0.1, -0.05) is 49.6 Å². The molecule has 0 aliphatic heterocycles. The third kappa shape index (κ3) is 4.11. The molecule has 0 N–H and O–H groups in total. The average Bonchev–Trinajstić information content (AvgIpc) is 3.10. The van der Waals surface area contributed by atoms with Crippen molar-refractivity contribution in [1.82, 2.24) is 9.55 Å². The number of hydrogen-bond donors (Lipinski definition) is 0. The molecule has 0 aliphatic rings. The first-order chi connectivity index (χ1) is 13.0. The standard InChI is InChI=1S/C21H24N2O3S/c1-4-5-6-11-26-21(25)15(3)23-13-22-19-18(20(23)24)17(12-27-19)16-9-7-14(2)8-10-16/h7-10,12-13,15H,4-6,11H2,1-3H3/t15-/m0/s1. The molecule has 142 valence electrons. The Labute approximate surface area is 162 Å². The van der Waals surface area contributed by atoms with Crippen LogP contribution < -0.4 is 5.56 Å². The Kier molecular flexibility index (Phi) is 6.06. The normalized spacial score (nSPS) is 12.3. The fourth-order valence-corrected chi connectivity index (χ4v) is 3.83. The Hall–Kier alpha value is -2.47. The van der Waals surface area contributed by atoms with Crippen molar-refractivity contribution in [1.29, 1.82) is 0 Å². The van der Waals surface area contributed by atoms with E-state index >= 15 is 0 Å². The SMILES string of the molecule is CCCCCOC(=O)[C@H](C)n1cnc2scc(-c3ccc(C)cc3)c2c1=O. The first-order valence-corrected chi connectivity index (χ1v) is 10.1. The van der Waals surface area contributed by atoms with Crippen LogP contribution in [0.25, 0.3) is 21.3 Å². The summed E-state index contributed by atoms with van der Waals surface area (Å²) >= 11 is 1.43. The summed E-state index contributed by atoms with van der Waals surface area (Å²) in [6.45, 7) is 6.18. The Balaban J connectivity index is 1.92. The molecule has 1 atom stereocenters. The Morgan fingerprint density at radius 3 is 2.70 bits per heavy atom. The van der Waals surface area contributed by atoms with Crippen LogP contribution in [0.4, 0.5) is 0 Å². The molecule has 0 spiro atoms. The van der Waals surface area contributed by atoms with Crippen LogP contribution in [0.1, 0.15) is 44.7 Å². The second kappa shape index (κ2) is 8.48. The van der Waals surface area contributed by atoms with Crippen LogP contribution in [0.15, 0.2) is 40.8 Å². The molecule has 2 heterocycles. The van der Waals surface area contributed by atoms with E-state index in [4.69, 9.17) is 4.74 Å². The van der Waals surface area contributed by atoms with E-state index < -0.39 is 12.0 Å². The van der Waals surface area contributed by atoms with E-state index in [9.17, 15) is 9.59 Å². The molecule has 0 bridgehead atoms. The van der Waals surface area contributed by atoms with Crippen LogP contribution in [0.2, 0.25) is 0 Å². The Morgan fingerprint density at radius 2 is 2.00 bits per heavy atom. The van der Waals surface area contributed by atoms with Crippen molar-refractivity contribution in [3.63, 3.8) is 0 Å². The van der Waals surface area contributed by atoms with Crippen LogP contribution in [0.3, 0.4) is 0 Å². The molecule has 2 aromatic heterocycles. The molecular formula is C21H24N2O3S. The van der Waals surface area contributed by atoms with Gasteiger partial charge in [-0.05, 0) is 25.8 Å². The van der Waals surface area contributed by atoms with Gasteiger partial charge in [0.2, 0.25) is 0 Å². The molecule has 0 aliphatic carbocycles. The number of thiophene rings is 1. The maximum atomic E-state index is 13.1. The van der Waals surface area contributed by atoms with Crippen LogP contribution in [-0.2, 0) is 9.53 Å². The minimum atomic E-state index is -0.707. The van der Waals surface area contributed by atoms with Gasteiger partial charge in [-0.15, -0.1) is 11.3 Å². The number of carbonyl (C=O) groups is 1. The van der Waals surface area contributed by atoms with Crippen LogP contribution in [0, 0.1) is 6.92 Å². The van der Waals surface area contributed by atoms with Crippen molar-refractivity contribution in [2.45, 2.75) is 46.1 Å². The summed E-state index contributed by atoms with van der Waals surface area (Å²) in [4.78, 5) is 30.5. The van der Waals surface area contributed by atoms with Gasteiger partial charge in [0, 0.05) is 10.9 Å². The minimum absolute atomic E-state index is 0.213. The molecule has 5 nitrogen and oxygen atoms in total. The molecule has 3 aromatic rings. The summed E-state index contributed by atoms with van der Waals surface area (Å²) in [6, 6.07) is 7.33. The number of unbranched alkanes of at least 4 members (excludes halogenated alkanes) is 2. The molecule has 27 heavy (non-hydrogen) atoms. The second-order valence-corrected chi connectivity index (χ2v) is 7.56. The lowest BCUT2D eigenvalue weighted by Gasteiger charge is -2.14. The van der Waals surface area contributed by atoms with Crippen molar-refractivity contribution in [3.8, 4) is 11.1 Å². The summed E-state index contributed by atoms with van der Waals surface area (Å²) in [6.07, 6.45) is 4.36. The van der Waals surface area contributed by atoms with Gasteiger partial charge < -0.3 is 4.74 Å². The van der Waals surface area contributed by atoms with Crippen molar-refractivity contribution in [2.75, 3.05) is 6.61 Å². The zero-order chi connectivity index (χ0) is 19.4. The van der Waals surface area contributed by atoms with Gasteiger partial charge in [-0.25, -0.2) is 9.78 Å². The fourth-order valence-electron chi connectivity index (χ4n) is 2.93. The quantitative estimate of drug-likeness (QED) is 0.436. The van der Waals surface area contributed by atoms with Gasteiger partial charge in [0.05, 0.1) is 18.3 Å². The maximum absolute atomic E-state index is 13.1. The largest absolute Gasteiger partial charge is 0.464 e. The van der Waals surface area contributed by atoms with Gasteiger partial charge in [-0.2, -0.15) is 0 Å². The van der Waals surface area contributed by atoms with Crippen molar-refractivity contribution >= 4 is 27.5 Å². The third-order valence-electron chi connectivity index (χ3n) is 4.63. The van der Waals surface area contributed by atoms with Gasteiger partial charge in [-0.3, -0.25) is 9.36 Å². The lowest BCUT2D eigenvalue weighted by molar-refractivity contribution is -0.147. The molecule has 0 amide bonds. The number of benzene rings is 1. The van der Waals surface area contributed by atoms with E-state index in [0.29, 0.717) is 16.8 Å². The number of rotatable bonds is 7. The predicted octanol–water partition coefficient (Wildman–Crippen LogP) is 4.73. The number of fused-ring (bicyclic) bond motifs is 1. The number of nitrogens with zero attached hydrogens (tertiary/aromatic N) is 2. The lowest BCUT2D eigenvalue weighted by Crippen LogP contribution is -2.29. The molecule has 6 heteroatoms. The van der Waals surface area contributed by atoms with Crippen molar-refractivity contribution in [2.24, 2.45) is 0 Å². The molecule has 0 saturated heterocycles. The molecule has 3 rings (SSSR count). The van der Waals surface area contributed by atoms with E-state index in [1.165, 1.54) is 22.2 Å². The average molecular weight is 385 g/mol. The summed E-state index contributed by atoms with van der Waals surface area (Å²) < 4.78 is 6.68. The Morgan fingerprint density at radius 1 is 1.26 bits per heavy atom. The van der Waals surface area contributed by atoms with E-state index in [1.807, 2.05) is 36.6 Å². The second-order valence-electron chi connectivity index (χ2n) is 6.70. The topological polar surface area (TPSA) is 61.2 Å². The number of carbonyl (C=O) groups excluding carboxylic acids is 1. The fraction of sp³-hybridized carbons (Fsp3) is 0.381. The number of aryl methyl sites for hydroxylation is 1. The first-order valence-electron chi connectivity index (χ1n) is 9.25. The monoisotopic (exact) mass is 384 g/mol. The van der Waals surface area contributed by atoms with Crippen LogP contribution >= 0.6 is 11.3 Å². The molecule has 0 fully saturated rings. The first kappa shape index (κ1) is 19.3. The highest BCUT2D eigenvalue weighted by Gasteiger charge is 2.21. The van der Waals surface area contributed by atoms with Crippen molar-refractivity contribution < 1.29 is 9.53 Å². The van der Waals surface area contributed by atoms with E-state index in [2.05, 4.69) is 11.9 Å². The van der Waals surface area contributed by atoms with Crippen LogP contribution in [0.5, 0.6) is 0 Å². The lowest BCUT2D eigenvalue weighted by atomic mass is 10.1. The van der Waals surface area contributed by atoms with Gasteiger partial charge >= 0.3 is 5.97 Å². The zero-order valence-corrected chi connectivity index (χ0v) is 16.7. The van der Waals surface area contributed by atoms with Crippen LogP contribution in [-0.4, -0.2) is 22.1 Å². The molecule has 0 radical (unpaired) electrons. The number of hydrogen-bond acceptors (Lipinski definition) is 5.